The molecule has 236 valence electrons. The third-order valence-corrected chi connectivity index (χ3v) is 6.94. The molecule has 0 aromatic heterocycles. The second-order valence-corrected chi connectivity index (χ2v) is 10.6. The van der Waals surface area contributed by atoms with Crippen LogP contribution in [0.15, 0.2) is 30.3 Å². The van der Waals surface area contributed by atoms with Crippen molar-refractivity contribution >= 4 is 11.8 Å². The Kier molecular flexibility index (Phi) is 27.0. The molecule has 0 aliphatic carbocycles. The van der Waals surface area contributed by atoms with Crippen LogP contribution >= 0.6 is 0 Å². The SMILES string of the molecule is CCCCCCCCCCCCCCCCCCOCCOCCOCCOCCOC(=O)C(=O)c1ccccc1. The van der Waals surface area contributed by atoms with Gasteiger partial charge in [-0.05, 0) is 6.42 Å². The van der Waals surface area contributed by atoms with E-state index in [1.165, 1.54) is 96.3 Å². The van der Waals surface area contributed by atoms with Crippen molar-refractivity contribution in [3.63, 3.8) is 0 Å². The lowest BCUT2D eigenvalue weighted by Gasteiger charge is -2.08. The van der Waals surface area contributed by atoms with Crippen molar-refractivity contribution in [1.29, 1.82) is 0 Å². The maximum atomic E-state index is 11.9. The summed E-state index contributed by atoms with van der Waals surface area (Å²) in [6.45, 7) is 6.34. The molecule has 1 aromatic rings. The van der Waals surface area contributed by atoms with Gasteiger partial charge >= 0.3 is 5.97 Å². The summed E-state index contributed by atoms with van der Waals surface area (Å²) >= 11 is 0. The molecule has 0 saturated heterocycles. The molecule has 0 aliphatic heterocycles. The molecule has 7 heteroatoms. The van der Waals surface area contributed by atoms with E-state index in [1.807, 2.05) is 0 Å². The summed E-state index contributed by atoms with van der Waals surface area (Å²) in [5.41, 5.74) is 0.316. The van der Waals surface area contributed by atoms with E-state index in [-0.39, 0.29) is 13.2 Å². The van der Waals surface area contributed by atoms with Gasteiger partial charge in [-0.2, -0.15) is 0 Å². The van der Waals surface area contributed by atoms with Crippen LogP contribution in [-0.4, -0.2) is 71.2 Å². The number of Topliss-reactive ketones (excluding diaryl/α,β-unsaturated/α-hetero) is 1. The molecule has 0 heterocycles. The first-order valence-corrected chi connectivity index (χ1v) is 16.3. The van der Waals surface area contributed by atoms with Crippen molar-refractivity contribution in [2.75, 3.05) is 59.5 Å². The largest absolute Gasteiger partial charge is 0.457 e. The third-order valence-electron chi connectivity index (χ3n) is 6.94. The van der Waals surface area contributed by atoms with Crippen LogP contribution < -0.4 is 0 Å². The Hall–Kier alpha value is -1.80. The third kappa shape index (κ3) is 24.5. The average Bonchev–Trinajstić information content (AvgIpc) is 3.00. The molecule has 0 saturated carbocycles. The predicted molar refractivity (Wildman–Crippen MR) is 165 cm³/mol. The molecule has 1 rings (SSSR count). The second kappa shape index (κ2) is 29.7. The van der Waals surface area contributed by atoms with E-state index in [2.05, 4.69) is 6.92 Å². The first-order chi connectivity index (χ1) is 20.3. The van der Waals surface area contributed by atoms with Gasteiger partial charge < -0.3 is 23.7 Å². The molecule has 0 aliphatic rings. The van der Waals surface area contributed by atoms with Gasteiger partial charge in [0.15, 0.2) is 0 Å². The standard InChI is InChI=1S/C34H58O7/c1-2-3-4-5-6-7-8-9-10-11-12-13-14-15-16-20-23-37-24-25-38-26-27-39-28-29-40-30-31-41-34(36)33(35)32-21-18-17-19-22-32/h17-19,21-22H,2-16,20,23-31H2,1H3. The molecule has 0 amide bonds. The fourth-order valence-electron chi connectivity index (χ4n) is 4.48. The fourth-order valence-corrected chi connectivity index (χ4v) is 4.48. The quantitative estimate of drug-likeness (QED) is 0.0386. The molecular formula is C34H58O7. The van der Waals surface area contributed by atoms with Gasteiger partial charge in [-0.25, -0.2) is 4.79 Å². The van der Waals surface area contributed by atoms with Crippen molar-refractivity contribution in [3.8, 4) is 0 Å². The predicted octanol–water partition coefficient (Wildman–Crippen LogP) is 7.74. The number of carbonyl (C=O) groups is 2. The van der Waals surface area contributed by atoms with Crippen molar-refractivity contribution in [2.24, 2.45) is 0 Å². The molecular weight excluding hydrogens is 520 g/mol. The highest BCUT2D eigenvalue weighted by Gasteiger charge is 2.17. The summed E-state index contributed by atoms with van der Waals surface area (Å²) in [7, 11) is 0. The number of unbranched alkanes of at least 4 members (excludes halogenated alkanes) is 15. The van der Waals surface area contributed by atoms with E-state index >= 15 is 0 Å². The molecule has 7 nitrogen and oxygen atoms in total. The molecule has 0 atom stereocenters. The van der Waals surface area contributed by atoms with Gasteiger partial charge in [-0.3, -0.25) is 4.79 Å². The Morgan fingerprint density at radius 3 is 1.27 bits per heavy atom. The number of ketones is 1. The Labute approximate surface area is 250 Å². The van der Waals surface area contributed by atoms with Crippen LogP contribution in [0.2, 0.25) is 0 Å². The molecule has 0 unspecified atom stereocenters. The van der Waals surface area contributed by atoms with Crippen LogP contribution in [0.1, 0.15) is 120 Å². The summed E-state index contributed by atoms with van der Waals surface area (Å²) in [6.07, 6.45) is 22.0. The highest BCUT2D eigenvalue weighted by atomic mass is 16.6. The highest BCUT2D eigenvalue weighted by Crippen LogP contribution is 2.13. The summed E-state index contributed by atoms with van der Waals surface area (Å²) in [5, 5.41) is 0. The van der Waals surface area contributed by atoms with E-state index < -0.39 is 11.8 Å². The zero-order chi connectivity index (χ0) is 29.5. The lowest BCUT2D eigenvalue weighted by Crippen LogP contribution is -2.20. The van der Waals surface area contributed by atoms with Gasteiger partial charge in [0, 0.05) is 12.2 Å². The zero-order valence-electron chi connectivity index (χ0n) is 25.9. The smallest absolute Gasteiger partial charge is 0.379 e. The van der Waals surface area contributed by atoms with Gasteiger partial charge in [-0.15, -0.1) is 0 Å². The van der Waals surface area contributed by atoms with E-state index in [0.29, 0.717) is 45.2 Å². The summed E-state index contributed by atoms with van der Waals surface area (Å²) < 4.78 is 26.9. The summed E-state index contributed by atoms with van der Waals surface area (Å²) in [4.78, 5) is 23.6. The number of ether oxygens (including phenoxy) is 5. The number of hydrogen-bond donors (Lipinski definition) is 0. The van der Waals surface area contributed by atoms with Gasteiger partial charge in [0.1, 0.15) is 6.61 Å². The van der Waals surface area contributed by atoms with Crippen molar-refractivity contribution in [1.82, 2.24) is 0 Å². The highest BCUT2D eigenvalue weighted by molar-refractivity contribution is 6.40. The Morgan fingerprint density at radius 1 is 0.463 bits per heavy atom. The van der Waals surface area contributed by atoms with Gasteiger partial charge in [-0.1, -0.05) is 134 Å². The van der Waals surface area contributed by atoms with Crippen LogP contribution in [-0.2, 0) is 28.5 Å². The maximum Gasteiger partial charge on any atom is 0.379 e. The van der Waals surface area contributed by atoms with Crippen LogP contribution in [0.25, 0.3) is 0 Å². The minimum atomic E-state index is -0.873. The molecule has 0 spiro atoms. The van der Waals surface area contributed by atoms with Crippen LogP contribution in [0, 0.1) is 0 Å². The second-order valence-electron chi connectivity index (χ2n) is 10.6. The fraction of sp³-hybridized carbons (Fsp3) is 0.765. The van der Waals surface area contributed by atoms with Gasteiger partial charge in [0.05, 0.1) is 46.2 Å². The average molecular weight is 579 g/mol. The first kappa shape index (κ1) is 37.2. The Morgan fingerprint density at radius 2 is 0.829 bits per heavy atom. The molecule has 0 N–H and O–H groups in total. The van der Waals surface area contributed by atoms with Crippen molar-refractivity contribution in [2.45, 2.75) is 110 Å². The Bertz CT molecular complexity index is 710. The maximum absolute atomic E-state index is 11.9. The molecule has 0 fully saturated rings. The number of esters is 1. The monoisotopic (exact) mass is 578 g/mol. The van der Waals surface area contributed by atoms with E-state index in [1.54, 1.807) is 30.3 Å². The summed E-state index contributed by atoms with van der Waals surface area (Å²) in [6, 6.07) is 8.34. The summed E-state index contributed by atoms with van der Waals surface area (Å²) in [5.74, 6) is -1.53. The topological polar surface area (TPSA) is 80.3 Å². The number of benzene rings is 1. The number of hydrogen-bond acceptors (Lipinski definition) is 7. The number of carbonyl (C=O) groups excluding carboxylic acids is 2. The molecule has 1 aromatic carbocycles. The van der Waals surface area contributed by atoms with Gasteiger partial charge in [0.25, 0.3) is 5.78 Å². The zero-order valence-corrected chi connectivity index (χ0v) is 25.9. The molecule has 0 bridgehead atoms. The Balaban J connectivity index is 1.69. The van der Waals surface area contributed by atoms with E-state index in [4.69, 9.17) is 23.7 Å². The molecule has 41 heavy (non-hydrogen) atoms. The first-order valence-electron chi connectivity index (χ1n) is 16.3. The van der Waals surface area contributed by atoms with Crippen LogP contribution in [0.4, 0.5) is 0 Å². The lowest BCUT2D eigenvalue weighted by molar-refractivity contribution is -0.139. The van der Waals surface area contributed by atoms with E-state index in [9.17, 15) is 9.59 Å². The molecule has 0 radical (unpaired) electrons. The number of rotatable bonds is 31. The van der Waals surface area contributed by atoms with E-state index in [0.717, 1.165) is 13.0 Å². The van der Waals surface area contributed by atoms with Crippen LogP contribution in [0.3, 0.4) is 0 Å². The van der Waals surface area contributed by atoms with Crippen molar-refractivity contribution in [3.05, 3.63) is 35.9 Å². The van der Waals surface area contributed by atoms with Crippen LogP contribution in [0.5, 0.6) is 0 Å². The normalized spacial score (nSPS) is 11.1. The minimum Gasteiger partial charge on any atom is -0.457 e. The van der Waals surface area contributed by atoms with Gasteiger partial charge in [0.2, 0.25) is 0 Å². The minimum absolute atomic E-state index is 0.0277. The van der Waals surface area contributed by atoms with Crippen molar-refractivity contribution < 1.29 is 33.3 Å². The lowest BCUT2D eigenvalue weighted by atomic mass is 10.0.